The van der Waals surface area contributed by atoms with Crippen LogP contribution in [0.5, 0.6) is 0 Å². The van der Waals surface area contributed by atoms with E-state index in [1.807, 2.05) is 34.9 Å². The maximum atomic E-state index is 12.8. The molecule has 25 heavy (non-hydrogen) atoms. The van der Waals surface area contributed by atoms with Crippen LogP contribution in [-0.4, -0.2) is 10.5 Å². The first-order chi connectivity index (χ1) is 11.9. The van der Waals surface area contributed by atoms with E-state index >= 15 is 0 Å². The fourth-order valence-corrected chi connectivity index (χ4v) is 2.70. The van der Waals surface area contributed by atoms with Gasteiger partial charge in [0.25, 0.3) is 0 Å². The molecule has 0 saturated heterocycles. The van der Waals surface area contributed by atoms with Crippen molar-refractivity contribution in [1.82, 2.24) is 9.88 Å². The van der Waals surface area contributed by atoms with Gasteiger partial charge in [-0.15, -0.1) is 0 Å². The summed E-state index contributed by atoms with van der Waals surface area (Å²) in [6.45, 7) is 3.64. The molecule has 0 aliphatic rings. The topological polar surface area (TPSA) is 34.0 Å². The summed E-state index contributed by atoms with van der Waals surface area (Å²) >= 11 is 0. The van der Waals surface area contributed by atoms with Crippen LogP contribution >= 0.6 is 0 Å². The Balaban J connectivity index is 2.07. The Kier molecular flexibility index (Phi) is 4.35. The van der Waals surface area contributed by atoms with Crippen molar-refractivity contribution < 1.29 is 18.0 Å². The van der Waals surface area contributed by atoms with Crippen LogP contribution in [0.1, 0.15) is 11.3 Å². The number of fused-ring (bicyclic) bond motifs is 1. The van der Waals surface area contributed by atoms with Crippen molar-refractivity contribution in [1.29, 1.82) is 0 Å². The summed E-state index contributed by atoms with van der Waals surface area (Å²) in [5, 5.41) is 3.63. The van der Waals surface area contributed by atoms with Gasteiger partial charge in [0.2, 0.25) is 5.91 Å². The predicted octanol–water partition coefficient (Wildman–Crippen LogP) is 4.45. The first kappa shape index (κ1) is 16.8. The molecule has 0 radical (unpaired) electrons. The molecule has 3 aromatic rings. The van der Waals surface area contributed by atoms with E-state index in [0.29, 0.717) is 5.69 Å². The Hall–Kier alpha value is -3.02. The first-order valence-corrected chi connectivity index (χ1v) is 7.57. The second kappa shape index (κ2) is 6.47. The lowest BCUT2D eigenvalue weighted by atomic mass is 10.2. The molecule has 0 spiro atoms. The molecule has 3 rings (SSSR count). The Morgan fingerprint density at radius 2 is 1.80 bits per heavy atom. The number of nitrogens with zero attached hydrogens (tertiary/aromatic N) is 1. The summed E-state index contributed by atoms with van der Waals surface area (Å²) in [6.07, 6.45) is -3.21. The smallest absolute Gasteiger partial charge is 0.347 e. The number of carbonyl (C=O) groups excluding carboxylic acids is 1. The second-order valence-corrected chi connectivity index (χ2v) is 5.50. The molecule has 0 bridgehead atoms. The Labute approximate surface area is 142 Å². The number of benzene rings is 2. The highest BCUT2D eigenvalue weighted by Crippen LogP contribution is 2.31. The van der Waals surface area contributed by atoms with Gasteiger partial charge in [-0.3, -0.25) is 4.79 Å². The molecule has 128 valence electrons. The summed E-state index contributed by atoms with van der Waals surface area (Å²) in [4.78, 5) is 11.4. The SMILES string of the molecule is C=CC(=O)NCc1cc2ccccc2n1-c1ccc(C(F)(F)F)cc1. The summed E-state index contributed by atoms with van der Waals surface area (Å²) in [5.41, 5.74) is 1.51. The molecule has 0 fully saturated rings. The summed E-state index contributed by atoms with van der Waals surface area (Å²) in [6, 6.07) is 14.4. The van der Waals surface area contributed by atoms with Crippen molar-refractivity contribution in [2.24, 2.45) is 0 Å². The van der Waals surface area contributed by atoms with Crippen molar-refractivity contribution in [3.63, 3.8) is 0 Å². The minimum atomic E-state index is -4.38. The number of halogens is 3. The maximum Gasteiger partial charge on any atom is 0.416 e. The average Bonchev–Trinajstić information content (AvgIpc) is 2.97. The normalized spacial score (nSPS) is 11.5. The second-order valence-electron chi connectivity index (χ2n) is 5.50. The highest BCUT2D eigenvalue weighted by molar-refractivity contribution is 5.87. The predicted molar refractivity (Wildman–Crippen MR) is 90.3 cm³/mol. The average molecular weight is 344 g/mol. The van der Waals surface area contributed by atoms with Crippen LogP contribution in [0.3, 0.4) is 0 Å². The molecule has 0 aliphatic heterocycles. The standard InChI is InChI=1S/C19H15F3N2O/c1-2-18(25)23-12-16-11-13-5-3-4-6-17(13)24(16)15-9-7-14(8-10-15)19(20,21)22/h2-11H,1,12H2,(H,23,25). The highest BCUT2D eigenvalue weighted by Gasteiger charge is 2.30. The monoisotopic (exact) mass is 344 g/mol. The lowest BCUT2D eigenvalue weighted by Gasteiger charge is -2.13. The molecule has 1 N–H and O–H groups in total. The Morgan fingerprint density at radius 3 is 2.44 bits per heavy atom. The molecule has 1 amide bonds. The van der Waals surface area contributed by atoms with Gasteiger partial charge in [0.05, 0.1) is 17.6 Å². The summed E-state index contributed by atoms with van der Waals surface area (Å²) < 4.78 is 40.2. The molecule has 6 heteroatoms. The van der Waals surface area contributed by atoms with Gasteiger partial charge in [0.1, 0.15) is 0 Å². The third kappa shape index (κ3) is 3.42. The van der Waals surface area contributed by atoms with Gasteiger partial charge < -0.3 is 9.88 Å². The number of carbonyl (C=O) groups is 1. The number of nitrogens with one attached hydrogen (secondary N) is 1. The van der Waals surface area contributed by atoms with Crippen LogP contribution in [0.2, 0.25) is 0 Å². The van der Waals surface area contributed by atoms with Gasteiger partial charge >= 0.3 is 6.18 Å². The third-order valence-corrected chi connectivity index (χ3v) is 3.87. The van der Waals surface area contributed by atoms with E-state index in [-0.39, 0.29) is 12.5 Å². The first-order valence-electron chi connectivity index (χ1n) is 7.57. The fraction of sp³-hybridized carbons (Fsp3) is 0.105. The molecule has 2 aromatic carbocycles. The third-order valence-electron chi connectivity index (χ3n) is 3.87. The van der Waals surface area contributed by atoms with E-state index in [1.54, 1.807) is 0 Å². The minimum Gasteiger partial charge on any atom is -0.347 e. The van der Waals surface area contributed by atoms with E-state index < -0.39 is 11.7 Å². The molecular weight excluding hydrogens is 329 g/mol. The van der Waals surface area contributed by atoms with Crippen molar-refractivity contribution in [2.75, 3.05) is 0 Å². The zero-order valence-corrected chi connectivity index (χ0v) is 13.2. The van der Waals surface area contributed by atoms with Crippen LogP contribution in [0.25, 0.3) is 16.6 Å². The number of alkyl halides is 3. The molecule has 0 unspecified atom stereocenters. The zero-order valence-electron chi connectivity index (χ0n) is 13.2. The van der Waals surface area contributed by atoms with Crippen molar-refractivity contribution in [3.8, 4) is 5.69 Å². The van der Waals surface area contributed by atoms with Gasteiger partial charge in [0, 0.05) is 16.8 Å². The van der Waals surface area contributed by atoms with E-state index in [4.69, 9.17) is 0 Å². The minimum absolute atomic E-state index is 0.237. The highest BCUT2D eigenvalue weighted by atomic mass is 19.4. The van der Waals surface area contributed by atoms with Gasteiger partial charge in [-0.1, -0.05) is 24.8 Å². The maximum absolute atomic E-state index is 12.8. The molecule has 1 aromatic heterocycles. The molecule has 1 heterocycles. The number of para-hydroxylation sites is 1. The van der Waals surface area contributed by atoms with Crippen LogP contribution in [0, 0.1) is 0 Å². The Bertz CT molecular complexity index is 924. The molecule has 0 atom stereocenters. The van der Waals surface area contributed by atoms with Gasteiger partial charge in [0.15, 0.2) is 0 Å². The van der Waals surface area contributed by atoms with E-state index in [1.165, 1.54) is 18.2 Å². The largest absolute Gasteiger partial charge is 0.416 e. The number of hydrogen-bond acceptors (Lipinski definition) is 1. The lowest BCUT2D eigenvalue weighted by Crippen LogP contribution is -2.21. The lowest BCUT2D eigenvalue weighted by molar-refractivity contribution is -0.137. The van der Waals surface area contributed by atoms with Crippen LogP contribution < -0.4 is 5.32 Å². The van der Waals surface area contributed by atoms with Crippen molar-refractivity contribution in [3.05, 3.63) is 78.5 Å². The number of aromatic nitrogens is 1. The molecule has 3 nitrogen and oxygen atoms in total. The van der Waals surface area contributed by atoms with Gasteiger partial charge in [-0.05, 0) is 42.5 Å². The summed E-state index contributed by atoms with van der Waals surface area (Å²) in [5.74, 6) is -0.316. The van der Waals surface area contributed by atoms with Crippen molar-refractivity contribution >= 4 is 16.8 Å². The Morgan fingerprint density at radius 1 is 1.12 bits per heavy atom. The quantitative estimate of drug-likeness (QED) is 0.697. The number of hydrogen-bond donors (Lipinski definition) is 1. The fourth-order valence-electron chi connectivity index (χ4n) is 2.70. The van der Waals surface area contributed by atoms with Gasteiger partial charge in [-0.2, -0.15) is 13.2 Å². The van der Waals surface area contributed by atoms with Crippen molar-refractivity contribution in [2.45, 2.75) is 12.7 Å². The van der Waals surface area contributed by atoms with Crippen LogP contribution in [0.15, 0.2) is 67.3 Å². The van der Waals surface area contributed by atoms with Crippen LogP contribution in [-0.2, 0) is 17.5 Å². The van der Waals surface area contributed by atoms with Crippen LogP contribution in [0.4, 0.5) is 13.2 Å². The number of rotatable bonds is 4. The van der Waals surface area contributed by atoms with Gasteiger partial charge in [-0.25, -0.2) is 0 Å². The molecule has 0 saturated carbocycles. The van der Waals surface area contributed by atoms with E-state index in [9.17, 15) is 18.0 Å². The van der Waals surface area contributed by atoms with E-state index in [0.717, 1.165) is 28.7 Å². The molecule has 0 aliphatic carbocycles. The number of amides is 1. The zero-order chi connectivity index (χ0) is 18.0. The van der Waals surface area contributed by atoms with E-state index in [2.05, 4.69) is 11.9 Å². The summed E-state index contributed by atoms with van der Waals surface area (Å²) in [7, 11) is 0. The molecular formula is C19H15F3N2O.